The van der Waals surface area contributed by atoms with E-state index in [9.17, 15) is 13.2 Å². The van der Waals surface area contributed by atoms with Crippen molar-refractivity contribution in [3.05, 3.63) is 29.8 Å². The van der Waals surface area contributed by atoms with E-state index < -0.39 is 15.1 Å². The molecule has 1 unspecified atom stereocenters. The number of carbonyl (C=O) groups is 1. The molecule has 1 aliphatic heterocycles. The van der Waals surface area contributed by atoms with E-state index in [0.29, 0.717) is 24.6 Å². The molecule has 1 saturated heterocycles. The number of sulfone groups is 1. The summed E-state index contributed by atoms with van der Waals surface area (Å²) in [5.74, 6) is 0.430. The second-order valence-corrected chi connectivity index (χ2v) is 9.11. The number of amides is 1. The number of hydrogen-bond donors (Lipinski definition) is 1. The summed E-state index contributed by atoms with van der Waals surface area (Å²) in [6.07, 6.45) is 1.84. The molecule has 136 valence electrons. The van der Waals surface area contributed by atoms with Gasteiger partial charge >= 0.3 is 0 Å². The first-order valence-corrected chi connectivity index (χ1v) is 9.67. The summed E-state index contributed by atoms with van der Waals surface area (Å²) >= 11 is 0. The molecule has 0 spiro atoms. The highest BCUT2D eigenvalue weighted by Crippen LogP contribution is 2.22. The fourth-order valence-electron chi connectivity index (χ4n) is 2.87. The van der Waals surface area contributed by atoms with E-state index in [1.54, 1.807) is 26.0 Å². The molecule has 24 heavy (non-hydrogen) atoms. The maximum atomic E-state index is 12.5. The second kappa shape index (κ2) is 8.32. The Kier molecular flexibility index (Phi) is 7.25. The molecule has 2 N–H and O–H groups in total. The van der Waals surface area contributed by atoms with Crippen molar-refractivity contribution < 1.29 is 13.2 Å². The molecule has 5 nitrogen and oxygen atoms in total. The Morgan fingerprint density at radius 2 is 1.62 bits per heavy atom. The number of benzene rings is 1. The zero-order chi connectivity index (χ0) is 17.2. The van der Waals surface area contributed by atoms with Crippen molar-refractivity contribution in [3.63, 3.8) is 0 Å². The molecule has 0 bridgehead atoms. The van der Waals surface area contributed by atoms with Crippen molar-refractivity contribution in [2.45, 2.75) is 49.8 Å². The third-order valence-corrected chi connectivity index (χ3v) is 6.79. The monoisotopic (exact) mass is 374 g/mol. The molecule has 0 saturated carbocycles. The number of piperidine rings is 1. The Labute approximate surface area is 150 Å². The van der Waals surface area contributed by atoms with E-state index in [1.807, 2.05) is 11.8 Å². The number of nitrogens with two attached hydrogens (primary N) is 1. The third-order valence-electron chi connectivity index (χ3n) is 4.62. The molecular weight excluding hydrogens is 348 g/mol. The van der Waals surface area contributed by atoms with Crippen LogP contribution in [-0.2, 0) is 9.84 Å². The van der Waals surface area contributed by atoms with E-state index in [2.05, 4.69) is 0 Å². The molecule has 0 aliphatic carbocycles. The van der Waals surface area contributed by atoms with Gasteiger partial charge in [0.2, 0.25) is 0 Å². The van der Waals surface area contributed by atoms with Crippen molar-refractivity contribution in [2.24, 2.45) is 11.7 Å². The van der Waals surface area contributed by atoms with E-state index in [1.165, 1.54) is 12.1 Å². The van der Waals surface area contributed by atoms with Gasteiger partial charge in [0.1, 0.15) is 0 Å². The lowest BCUT2D eigenvalue weighted by atomic mass is 9.90. The lowest BCUT2D eigenvalue weighted by molar-refractivity contribution is 0.0681. The SMILES string of the molecule is CC(N)C1CCN(C(=O)c2ccc(S(=O)(=O)C(C)C)cc2)CC1.Cl. The van der Waals surface area contributed by atoms with Crippen molar-refractivity contribution in [1.29, 1.82) is 0 Å². The van der Waals surface area contributed by atoms with Crippen LogP contribution in [0.15, 0.2) is 29.2 Å². The van der Waals surface area contributed by atoms with Gasteiger partial charge in [0, 0.05) is 24.7 Å². The highest BCUT2D eigenvalue weighted by atomic mass is 35.5. The maximum absolute atomic E-state index is 12.5. The number of carbonyl (C=O) groups excluding carboxylic acids is 1. The molecule has 1 aliphatic rings. The van der Waals surface area contributed by atoms with Gasteiger partial charge in [0.15, 0.2) is 9.84 Å². The van der Waals surface area contributed by atoms with Gasteiger partial charge < -0.3 is 10.6 Å². The molecule has 1 amide bonds. The number of rotatable bonds is 4. The molecule has 7 heteroatoms. The molecule has 2 rings (SSSR count). The van der Waals surface area contributed by atoms with Crippen molar-refractivity contribution in [3.8, 4) is 0 Å². The molecule has 1 heterocycles. The van der Waals surface area contributed by atoms with Crippen LogP contribution in [0.25, 0.3) is 0 Å². The molecule has 0 radical (unpaired) electrons. The first-order chi connectivity index (χ1) is 10.7. The summed E-state index contributed by atoms with van der Waals surface area (Å²) < 4.78 is 24.2. The van der Waals surface area contributed by atoms with Gasteiger partial charge in [0.25, 0.3) is 5.91 Å². The van der Waals surface area contributed by atoms with Gasteiger partial charge in [-0.05, 0) is 63.8 Å². The summed E-state index contributed by atoms with van der Waals surface area (Å²) in [6, 6.07) is 6.42. The minimum absolute atomic E-state index is 0. The molecule has 1 aromatic rings. The van der Waals surface area contributed by atoms with Gasteiger partial charge in [-0.3, -0.25) is 4.79 Å². The summed E-state index contributed by atoms with van der Waals surface area (Å²) in [7, 11) is -3.30. The fraction of sp³-hybridized carbons (Fsp3) is 0.588. The van der Waals surface area contributed by atoms with E-state index in [-0.39, 0.29) is 29.3 Å². The van der Waals surface area contributed by atoms with Crippen LogP contribution in [0.1, 0.15) is 44.0 Å². The summed E-state index contributed by atoms with van der Waals surface area (Å²) in [5.41, 5.74) is 6.46. The molecule has 1 fully saturated rings. The standard InChI is InChI=1S/C17H26N2O3S.ClH/c1-12(2)23(21,22)16-6-4-15(5-7-16)17(20)19-10-8-14(9-11-19)13(3)18;/h4-7,12-14H,8-11,18H2,1-3H3;1H. The quantitative estimate of drug-likeness (QED) is 0.877. The van der Waals surface area contributed by atoms with Crippen LogP contribution < -0.4 is 5.73 Å². The lowest BCUT2D eigenvalue weighted by Gasteiger charge is -2.33. The minimum atomic E-state index is -3.30. The average molecular weight is 375 g/mol. The number of nitrogens with zero attached hydrogens (tertiary/aromatic N) is 1. The first-order valence-electron chi connectivity index (χ1n) is 8.12. The van der Waals surface area contributed by atoms with Gasteiger partial charge in [-0.2, -0.15) is 0 Å². The average Bonchev–Trinajstić information content (AvgIpc) is 2.54. The zero-order valence-corrected chi connectivity index (χ0v) is 16.1. The van der Waals surface area contributed by atoms with Crippen molar-refractivity contribution in [2.75, 3.05) is 13.1 Å². The van der Waals surface area contributed by atoms with Crippen LogP contribution >= 0.6 is 12.4 Å². The van der Waals surface area contributed by atoms with Gasteiger partial charge in [-0.15, -0.1) is 12.4 Å². The lowest BCUT2D eigenvalue weighted by Crippen LogP contribution is -2.42. The van der Waals surface area contributed by atoms with Gasteiger partial charge in [0.05, 0.1) is 10.1 Å². The van der Waals surface area contributed by atoms with Crippen LogP contribution in [0.3, 0.4) is 0 Å². The molecule has 1 aromatic carbocycles. The van der Waals surface area contributed by atoms with Crippen molar-refractivity contribution in [1.82, 2.24) is 4.90 Å². The Balaban J connectivity index is 0.00000288. The van der Waals surface area contributed by atoms with Crippen LogP contribution in [-0.4, -0.2) is 43.6 Å². The second-order valence-electron chi connectivity index (χ2n) is 6.61. The molecule has 0 aromatic heterocycles. The first kappa shape index (κ1) is 20.9. The number of halogens is 1. The molecular formula is C17H27ClN2O3S. The topological polar surface area (TPSA) is 80.5 Å². The normalized spacial score (nSPS) is 17.5. The zero-order valence-electron chi connectivity index (χ0n) is 14.4. The summed E-state index contributed by atoms with van der Waals surface area (Å²) in [4.78, 5) is 14.6. The summed E-state index contributed by atoms with van der Waals surface area (Å²) in [6.45, 7) is 6.72. The molecule has 1 atom stereocenters. The predicted molar refractivity (Wildman–Crippen MR) is 98.3 cm³/mol. The Hall–Kier alpha value is -1.11. The van der Waals surface area contributed by atoms with Gasteiger partial charge in [-0.25, -0.2) is 8.42 Å². The highest BCUT2D eigenvalue weighted by molar-refractivity contribution is 7.92. The van der Waals surface area contributed by atoms with E-state index >= 15 is 0 Å². The number of likely N-dealkylation sites (tertiary alicyclic amines) is 1. The van der Waals surface area contributed by atoms with Crippen LogP contribution in [0.4, 0.5) is 0 Å². The minimum Gasteiger partial charge on any atom is -0.339 e. The Morgan fingerprint density at radius 1 is 1.12 bits per heavy atom. The van der Waals surface area contributed by atoms with E-state index in [0.717, 1.165) is 12.8 Å². The Bertz CT molecular complexity index is 649. The highest BCUT2D eigenvalue weighted by Gasteiger charge is 2.26. The van der Waals surface area contributed by atoms with Crippen LogP contribution in [0, 0.1) is 5.92 Å². The summed E-state index contributed by atoms with van der Waals surface area (Å²) in [5, 5.41) is -0.471. The third kappa shape index (κ3) is 4.49. The Morgan fingerprint density at radius 3 is 2.04 bits per heavy atom. The van der Waals surface area contributed by atoms with E-state index in [4.69, 9.17) is 5.73 Å². The van der Waals surface area contributed by atoms with Gasteiger partial charge in [-0.1, -0.05) is 0 Å². The van der Waals surface area contributed by atoms with Crippen LogP contribution in [0.2, 0.25) is 0 Å². The van der Waals surface area contributed by atoms with Crippen LogP contribution in [0.5, 0.6) is 0 Å². The fourth-order valence-corrected chi connectivity index (χ4v) is 3.93. The number of hydrogen-bond acceptors (Lipinski definition) is 4. The largest absolute Gasteiger partial charge is 0.339 e. The predicted octanol–water partition coefficient (Wildman–Crippen LogP) is 2.49. The maximum Gasteiger partial charge on any atom is 0.253 e. The van der Waals surface area contributed by atoms with Crippen molar-refractivity contribution >= 4 is 28.2 Å². The smallest absolute Gasteiger partial charge is 0.253 e.